The summed E-state index contributed by atoms with van der Waals surface area (Å²) in [5.41, 5.74) is 1.15. The van der Waals surface area contributed by atoms with Gasteiger partial charge in [0.25, 0.3) is 0 Å². The van der Waals surface area contributed by atoms with Gasteiger partial charge < -0.3 is 20.1 Å². The van der Waals surface area contributed by atoms with Crippen LogP contribution in [0.15, 0.2) is 4.99 Å². The molecule has 24 heavy (non-hydrogen) atoms. The maximum Gasteiger partial charge on any atom is 0.191 e. The summed E-state index contributed by atoms with van der Waals surface area (Å²) in [5, 5.41) is 7.82. The molecule has 0 radical (unpaired) electrons. The second-order valence-electron chi connectivity index (χ2n) is 5.89. The van der Waals surface area contributed by atoms with Gasteiger partial charge in [-0.2, -0.15) is 0 Å². The standard InChI is InChI=1S/C17H30N4O2S/c1-4-18-17(19-8-5-10-23-15-7-11-22-12-15)20-9-6-16-13(2)21-14(3)24-16/h15H,4-12H2,1-3H3,(H2,18,19,20). The molecule has 2 heterocycles. The summed E-state index contributed by atoms with van der Waals surface area (Å²) in [6, 6.07) is 0. The van der Waals surface area contributed by atoms with Crippen molar-refractivity contribution in [3.05, 3.63) is 15.6 Å². The SMILES string of the molecule is CCNC(=NCCCOC1CCOC1)NCCc1sc(C)nc1C. The number of aromatic nitrogens is 1. The fraction of sp³-hybridized carbons (Fsp3) is 0.765. The molecule has 0 spiro atoms. The van der Waals surface area contributed by atoms with E-state index in [-0.39, 0.29) is 6.10 Å². The van der Waals surface area contributed by atoms with Crippen LogP contribution in [-0.2, 0) is 15.9 Å². The second-order valence-corrected chi connectivity index (χ2v) is 7.18. The Kier molecular flexibility index (Phi) is 8.49. The maximum atomic E-state index is 5.76. The van der Waals surface area contributed by atoms with Crippen molar-refractivity contribution in [1.29, 1.82) is 0 Å². The van der Waals surface area contributed by atoms with Crippen LogP contribution in [0.25, 0.3) is 0 Å². The molecule has 2 rings (SSSR count). The zero-order chi connectivity index (χ0) is 17.2. The number of nitrogens with zero attached hydrogens (tertiary/aromatic N) is 2. The minimum absolute atomic E-state index is 0.284. The van der Waals surface area contributed by atoms with Gasteiger partial charge in [-0.3, -0.25) is 4.99 Å². The van der Waals surface area contributed by atoms with E-state index in [1.54, 1.807) is 11.3 Å². The van der Waals surface area contributed by atoms with E-state index in [1.807, 2.05) is 0 Å². The first-order valence-corrected chi connectivity index (χ1v) is 9.65. The van der Waals surface area contributed by atoms with Crippen molar-refractivity contribution in [3.8, 4) is 0 Å². The number of thiazole rings is 1. The number of ether oxygens (including phenoxy) is 2. The van der Waals surface area contributed by atoms with E-state index in [9.17, 15) is 0 Å². The van der Waals surface area contributed by atoms with Crippen LogP contribution >= 0.6 is 11.3 Å². The van der Waals surface area contributed by atoms with Crippen LogP contribution in [0.2, 0.25) is 0 Å². The highest BCUT2D eigenvalue weighted by Crippen LogP contribution is 2.17. The third-order valence-corrected chi connectivity index (χ3v) is 4.93. The van der Waals surface area contributed by atoms with Crippen LogP contribution in [0.5, 0.6) is 0 Å². The Morgan fingerprint density at radius 3 is 2.96 bits per heavy atom. The Morgan fingerprint density at radius 1 is 1.42 bits per heavy atom. The molecule has 6 nitrogen and oxygen atoms in total. The van der Waals surface area contributed by atoms with Crippen molar-refractivity contribution in [2.24, 2.45) is 4.99 Å². The third-order valence-electron chi connectivity index (χ3n) is 3.80. The highest BCUT2D eigenvalue weighted by molar-refractivity contribution is 7.11. The number of rotatable bonds is 9. The number of aliphatic imine (C=N–C) groups is 1. The third kappa shape index (κ3) is 6.75. The van der Waals surface area contributed by atoms with Crippen molar-refractivity contribution >= 4 is 17.3 Å². The summed E-state index contributed by atoms with van der Waals surface area (Å²) >= 11 is 1.78. The summed E-state index contributed by atoms with van der Waals surface area (Å²) < 4.78 is 11.1. The molecule has 1 fully saturated rings. The van der Waals surface area contributed by atoms with Gasteiger partial charge in [0.05, 0.1) is 23.4 Å². The number of nitrogens with one attached hydrogen (secondary N) is 2. The molecule has 7 heteroatoms. The number of guanidine groups is 1. The van der Waals surface area contributed by atoms with Gasteiger partial charge in [-0.05, 0) is 33.6 Å². The molecule has 0 amide bonds. The predicted molar refractivity (Wildman–Crippen MR) is 99.1 cm³/mol. The molecule has 1 unspecified atom stereocenters. The van der Waals surface area contributed by atoms with Gasteiger partial charge in [0, 0.05) is 44.1 Å². The lowest BCUT2D eigenvalue weighted by Crippen LogP contribution is -2.38. The first-order chi connectivity index (χ1) is 11.7. The van der Waals surface area contributed by atoms with E-state index in [2.05, 4.69) is 41.4 Å². The first kappa shape index (κ1) is 19.1. The minimum Gasteiger partial charge on any atom is -0.379 e. The number of aryl methyl sites for hydroxylation is 2. The van der Waals surface area contributed by atoms with E-state index in [1.165, 1.54) is 4.88 Å². The van der Waals surface area contributed by atoms with Gasteiger partial charge in [-0.15, -0.1) is 11.3 Å². The van der Waals surface area contributed by atoms with Crippen LogP contribution in [-0.4, -0.2) is 56.5 Å². The molecule has 1 aromatic heterocycles. The van der Waals surface area contributed by atoms with Gasteiger partial charge in [0.2, 0.25) is 0 Å². The smallest absolute Gasteiger partial charge is 0.191 e. The molecule has 1 aliphatic heterocycles. The number of hydrogen-bond acceptors (Lipinski definition) is 5. The van der Waals surface area contributed by atoms with Gasteiger partial charge in [-0.1, -0.05) is 0 Å². The number of hydrogen-bond donors (Lipinski definition) is 2. The Bertz CT molecular complexity index is 513. The van der Waals surface area contributed by atoms with E-state index in [0.717, 1.165) is 75.4 Å². The van der Waals surface area contributed by atoms with E-state index < -0.39 is 0 Å². The summed E-state index contributed by atoms with van der Waals surface area (Å²) in [6.45, 7) is 11.0. The predicted octanol–water partition coefficient (Wildman–Crippen LogP) is 2.05. The Hall–Kier alpha value is -1.18. The summed E-state index contributed by atoms with van der Waals surface area (Å²) in [5.74, 6) is 0.876. The van der Waals surface area contributed by atoms with Crippen molar-refractivity contribution in [3.63, 3.8) is 0 Å². The molecule has 1 aliphatic rings. The normalized spacial score (nSPS) is 18.1. The Morgan fingerprint density at radius 2 is 2.29 bits per heavy atom. The molecule has 1 saturated heterocycles. The van der Waals surface area contributed by atoms with Crippen LogP contribution < -0.4 is 10.6 Å². The van der Waals surface area contributed by atoms with E-state index >= 15 is 0 Å². The lowest BCUT2D eigenvalue weighted by Gasteiger charge is -2.11. The highest BCUT2D eigenvalue weighted by Gasteiger charge is 2.15. The van der Waals surface area contributed by atoms with Crippen LogP contribution in [0.4, 0.5) is 0 Å². The zero-order valence-corrected chi connectivity index (χ0v) is 15.9. The van der Waals surface area contributed by atoms with Gasteiger partial charge >= 0.3 is 0 Å². The monoisotopic (exact) mass is 354 g/mol. The fourth-order valence-corrected chi connectivity index (χ4v) is 3.53. The quantitative estimate of drug-likeness (QED) is 0.404. The van der Waals surface area contributed by atoms with E-state index in [0.29, 0.717) is 0 Å². The molecular weight excluding hydrogens is 324 g/mol. The van der Waals surface area contributed by atoms with Crippen molar-refractivity contribution in [1.82, 2.24) is 15.6 Å². The topological polar surface area (TPSA) is 67.8 Å². The molecule has 2 N–H and O–H groups in total. The molecule has 0 aliphatic carbocycles. The molecular formula is C17H30N4O2S. The van der Waals surface area contributed by atoms with Crippen molar-refractivity contribution in [2.45, 2.75) is 46.1 Å². The largest absolute Gasteiger partial charge is 0.379 e. The lowest BCUT2D eigenvalue weighted by molar-refractivity contribution is 0.0424. The van der Waals surface area contributed by atoms with Crippen LogP contribution in [0.3, 0.4) is 0 Å². The second kappa shape index (κ2) is 10.6. The van der Waals surface area contributed by atoms with Crippen molar-refractivity contribution < 1.29 is 9.47 Å². The summed E-state index contributed by atoms with van der Waals surface area (Å²) in [4.78, 5) is 10.4. The lowest BCUT2D eigenvalue weighted by atomic mass is 10.3. The maximum absolute atomic E-state index is 5.76. The van der Waals surface area contributed by atoms with Crippen molar-refractivity contribution in [2.75, 3.05) is 39.5 Å². The highest BCUT2D eigenvalue weighted by atomic mass is 32.1. The zero-order valence-electron chi connectivity index (χ0n) is 15.1. The average Bonchev–Trinajstić information content (AvgIpc) is 3.17. The molecule has 0 aromatic carbocycles. The van der Waals surface area contributed by atoms with Gasteiger partial charge in [0.15, 0.2) is 5.96 Å². The molecule has 0 bridgehead atoms. The van der Waals surface area contributed by atoms with Gasteiger partial charge in [0.1, 0.15) is 0 Å². The van der Waals surface area contributed by atoms with Gasteiger partial charge in [-0.25, -0.2) is 4.98 Å². The first-order valence-electron chi connectivity index (χ1n) is 8.83. The minimum atomic E-state index is 0.284. The fourth-order valence-electron chi connectivity index (χ4n) is 2.59. The average molecular weight is 355 g/mol. The summed E-state index contributed by atoms with van der Waals surface area (Å²) in [6.07, 6.45) is 3.21. The molecule has 1 aromatic rings. The molecule has 0 saturated carbocycles. The van der Waals surface area contributed by atoms with E-state index in [4.69, 9.17) is 9.47 Å². The molecule has 136 valence electrons. The van der Waals surface area contributed by atoms with Crippen LogP contribution in [0.1, 0.15) is 35.3 Å². The molecule has 1 atom stereocenters. The Labute approximate surface area is 149 Å². The Balaban J connectivity index is 1.65. The van der Waals surface area contributed by atoms with Crippen LogP contribution in [0, 0.1) is 13.8 Å². The summed E-state index contributed by atoms with van der Waals surface area (Å²) in [7, 11) is 0.